The van der Waals surface area contributed by atoms with Crippen molar-refractivity contribution in [1.82, 2.24) is 0 Å². The molecule has 0 aromatic heterocycles. The Balaban J connectivity index is 1.92. The Labute approximate surface area is 123 Å². The lowest BCUT2D eigenvalue weighted by atomic mass is 9.84. The van der Waals surface area contributed by atoms with Crippen molar-refractivity contribution in [2.45, 2.75) is 71.4 Å². The molecule has 1 aromatic carbocycles. The van der Waals surface area contributed by atoms with Crippen LogP contribution in [0.15, 0.2) is 24.3 Å². The highest BCUT2D eigenvalue weighted by molar-refractivity contribution is 5.48. The van der Waals surface area contributed by atoms with E-state index in [4.69, 9.17) is 4.74 Å². The summed E-state index contributed by atoms with van der Waals surface area (Å²) in [5, 5.41) is 3.66. The van der Waals surface area contributed by atoms with Gasteiger partial charge in [-0.1, -0.05) is 32.3 Å². The molecule has 0 radical (unpaired) electrons. The minimum absolute atomic E-state index is 0.279. The molecule has 2 atom stereocenters. The molecule has 1 fully saturated rings. The molecule has 0 amide bonds. The van der Waals surface area contributed by atoms with Gasteiger partial charge in [0, 0.05) is 17.8 Å². The lowest BCUT2D eigenvalue weighted by molar-refractivity contribution is 0.217. The normalized spacial score (nSPS) is 19.4. The minimum atomic E-state index is 0.279. The summed E-state index contributed by atoms with van der Waals surface area (Å²) in [5.41, 5.74) is 1.18. The first-order valence-corrected chi connectivity index (χ1v) is 8.22. The predicted octanol–water partition coefficient (Wildman–Crippen LogP) is 5.24. The van der Waals surface area contributed by atoms with Crippen LogP contribution < -0.4 is 10.1 Å². The third-order valence-corrected chi connectivity index (χ3v) is 4.50. The summed E-state index contributed by atoms with van der Waals surface area (Å²) >= 11 is 0. The molecule has 2 nitrogen and oxygen atoms in total. The van der Waals surface area contributed by atoms with Gasteiger partial charge >= 0.3 is 0 Å². The van der Waals surface area contributed by atoms with Crippen molar-refractivity contribution in [1.29, 1.82) is 0 Å². The van der Waals surface area contributed by atoms with Crippen LogP contribution in [-0.2, 0) is 0 Å². The van der Waals surface area contributed by atoms with Gasteiger partial charge in [0.25, 0.3) is 0 Å². The number of anilines is 1. The SMILES string of the molecule is CCC(C)Oc1cccc(NC(C)C2CCCCC2)c1. The van der Waals surface area contributed by atoms with Crippen LogP contribution in [0.1, 0.15) is 59.3 Å². The van der Waals surface area contributed by atoms with Crippen molar-refractivity contribution >= 4 is 5.69 Å². The quantitative estimate of drug-likeness (QED) is 0.766. The van der Waals surface area contributed by atoms with Gasteiger partial charge < -0.3 is 10.1 Å². The summed E-state index contributed by atoms with van der Waals surface area (Å²) in [6, 6.07) is 8.94. The Hall–Kier alpha value is -1.18. The standard InChI is InChI=1S/C18H29NO/c1-4-14(2)20-18-12-8-11-17(13-18)19-15(3)16-9-6-5-7-10-16/h8,11-16,19H,4-7,9-10H2,1-3H3. The lowest BCUT2D eigenvalue weighted by Gasteiger charge is -2.29. The Bertz CT molecular complexity index is 398. The van der Waals surface area contributed by atoms with Crippen LogP contribution in [0.3, 0.4) is 0 Å². The van der Waals surface area contributed by atoms with E-state index < -0.39 is 0 Å². The number of rotatable bonds is 6. The second-order valence-electron chi connectivity index (χ2n) is 6.20. The van der Waals surface area contributed by atoms with Crippen LogP contribution in [0.25, 0.3) is 0 Å². The second kappa shape index (κ2) is 7.56. The van der Waals surface area contributed by atoms with E-state index in [2.05, 4.69) is 44.3 Å². The smallest absolute Gasteiger partial charge is 0.121 e. The van der Waals surface area contributed by atoms with Gasteiger partial charge in [0.2, 0.25) is 0 Å². The van der Waals surface area contributed by atoms with Gasteiger partial charge in [0.05, 0.1) is 6.10 Å². The number of ether oxygens (including phenoxy) is 1. The van der Waals surface area contributed by atoms with Crippen molar-refractivity contribution in [3.05, 3.63) is 24.3 Å². The summed E-state index contributed by atoms with van der Waals surface area (Å²) < 4.78 is 5.89. The maximum atomic E-state index is 5.89. The summed E-state index contributed by atoms with van der Waals surface area (Å²) in [5.74, 6) is 1.79. The van der Waals surface area contributed by atoms with Crippen LogP contribution in [0.2, 0.25) is 0 Å². The fourth-order valence-corrected chi connectivity index (χ4v) is 2.99. The van der Waals surface area contributed by atoms with E-state index in [9.17, 15) is 0 Å². The van der Waals surface area contributed by atoms with Crippen LogP contribution >= 0.6 is 0 Å². The number of benzene rings is 1. The van der Waals surface area contributed by atoms with E-state index in [-0.39, 0.29) is 6.10 Å². The molecule has 112 valence electrons. The summed E-state index contributed by atoms with van der Waals surface area (Å²) in [6.45, 7) is 6.58. The molecule has 20 heavy (non-hydrogen) atoms. The highest BCUT2D eigenvalue weighted by Gasteiger charge is 2.19. The van der Waals surface area contributed by atoms with Crippen LogP contribution in [0.4, 0.5) is 5.69 Å². The monoisotopic (exact) mass is 275 g/mol. The summed E-state index contributed by atoms with van der Waals surface area (Å²) in [6.07, 6.45) is 8.27. The first-order valence-electron chi connectivity index (χ1n) is 8.22. The van der Waals surface area contributed by atoms with Gasteiger partial charge in [-0.25, -0.2) is 0 Å². The number of hydrogen-bond acceptors (Lipinski definition) is 2. The third-order valence-electron chi connectivity index (χ3n) is 4.50. The fourth-order valence-electron chi connectivity index (χ4n) is 2.99. The molecule has 1 aliphatic carbocycles. The van der Waals surface area contributed by atoms with Crippen molar-refractivity contribution in [2.75, 3.05) is 5.32 Å². The lowest BCUT2D eigenvalue weighted by Crippen LogP contribution is -2.27. The van der Waals surface area contributed by atoms with Gasteiger partial charge in [-0.2, -0.15) is 0 Å². The van der Waals surface area contributed by atoms with Gasteiger partial charge in [-0.05, 0) is 51.2 Å². The van der Waals surface area contributed by atoms with Crippen molar-refractivity contribution in [3.8, 4) is 5.75 Å². The van der Waals surface area contributed by atoms with Gasteiger partial charge in [-0.3, -0.25) is 0 Å². The topological polar surface area (TPSA) is 21.3 Å². The van der Waals surface area contributed by atoms with E-state index in [0.29, 0.717) is 6.04 Å². The van der Waals surface area contributed by atoms with Crippen LogP contribution in [-0.4, -0.2) is 12.1 Å². The molecule has 1 saturated carbocycles. The van der Waals surface area contributed by atoms with Crippen LogP contribution in [0.5, 0.6) is 5.75 Å². The second-order valence-corrected chi connectivity index (χ2v) is 6.20. The molecule has 0 aliphatic heterocycles. The van der Waals surface area contributed by atoms with E-state index in [1.54, 1.807) is 0 Å². The molecule has 0 saturated heterocycles. The van der Waals surface area contributed by atoms with Gasteiger partial charge in [0.1, 0.15) is 5.75 Å². The molecule has 1 N–H and O–H groups in total. The zero-order chi connectivity index (χ0) is 14.4. The molecule has 1 aromatic rings. The van der Waals surface area contributed by atoms with E-state index >= 15 is 0 Å². The van der Waals surface area contributed by atoms with E-state index in [0.717, 1.165) is 18.1 Å². The highest BCUT2D eigenvalue weighted by atomic mass is 16.5. The Morgan fingerprint density at radius 3 is 2.65 bits per heavy atom. The highest BCUT2D eigenvalue weighted by Crippen LogP contribution is 2.28. The molecular weight excluding hydrogens is 246 g/mol. The molecule has 1 aliphatic rings. The molecule has 0 bridgehead atoms. The Morgan fingerprint density at radius 2 is 1.95 bits per heavy atom. The van der Waals surface area contributed by atoms with Gasteiger partial charge in [0.15, 0.2) is 0 Å². The summed E-state index contributed by atoms with van der Waals surface area (Å²) in [4.78, 5) is 0. The average molecular weight is 275 g/mol. The number of hydrogen-bond donors (Lipinski definition) is 1. The Kier molecular flexibility index (Phi) is 5.75. The molecule has 0 spiro atoms. The number of nitrogens with one attached hydrogen (secondary N) is 1. The molecule has 0 heterocycles. The maximum absolute atomic E-state index is 5.89. The van der Waals surface area contributed by atoms with Gasteiger partial charge in [-0.15, -0.1) is 0 Å². The first-order chi connectivity index (χ1) is 9.69. The predicted molar refractivity (Wildman–Crippen MR) is 86.5 cm³/mol. The van der Waals surface area contributed by atoms with E-state index in [1.165, 1.54) is 37.8 Å². The largest absolute Gasteiger partial charge is 0.491 e. The Morgan fingerprint density at radius 1 is 1.20 bits per heavy atom. The van der Waals surface area contributed by atoms with Crippen LogP contribution in [0, 0.1) is 5.92 Å². The van der Waals surface area contributed by atoms with E-state index in [1.807, 2.05) is 6.07 Å². The molecule has 2 rings (SSSR count). The minimum Gasteiger partial charge on any atom is -0.491 e. The maximum Gasteiger partial charge on any atom is 0.121 e. The first kappa shape index (κ1) is 15.2. The molecular formula is C18H29NO. The van der Waals surface area contributed by atoms with Crippen molar-refractivity contribution in [3.63, 3.8) is 0 Å². The third kappa shape index (κ3) is 4.43. The summed E-state index contributed by atoms with van der Waals surface area (Å²) in [7, 11) is 0. The van der Waals surface area contributed by atoms with Crippen molar-refractivity contribution < 1.29 is 4.74 Å². The molecule has 2 unspecified atom stereocenters. The fraction of sp³-hybridized carbons (Fsp3) is 0.667. The van der Waals surface area contributed by atoms with Crippen molar-refractivity contribution in [2.24, 2.45) is 5.92 Å². The average Bonchev–Trinajstić information content (AvgIpc) is 2.48. The zero-order valence-electron chi connectivity index (χ0n) is 13.2. The zero-order valence-corrected chi connectivity index (χ0v) is 13.2. The molecule has 2 heteroatoms.